The van der Waals surface area contributed by atoms with Crippen LogP contribution in [0.5, 0.6) is 0 Å². The van der Waals surface area contributed by atoms with Gasteiger partial charge in [0.15, 0.2) is 23.3 Å². The second-order valence-corrected chi connectivity index (χ2v) is 6.59. The molecule has 0 saturated heterocycles. The number of aryl methyl sites for hydroxylation is 2. The Balaban J connectivity index is 1.62. The largest absolute Gasteiger partial charge is 0.381 e. The summed E-state index contributed by atoms with van der Waals surface area (Å²) < 4.78 is 27.9. The van der Waals surface area contributed by atoms with Gasteiger partial charge in [-0.2, -0.15) is 5.10 Å². The van der Waals surface area contributed by atoms with Gasteiger partial charge in [0.2, 0.25) is 6.10 Å². The fourth-order valence-corrected chi connectivity index (χ4v) is 2.58. The number of nitrogens with one attached hydrogen (secondary N) is 1. The van der Waals surface area contributed by atoms with Crippen LogP contribution in [0.4, 0.5) is 14.5 Å². The molecule has 1 aromatic carbocycles. The van der Waals surface area contributed by atoms with Crippen LogP contribution in [-0.2, 0) is 9.63 Å². The van der Waals surface area contributed by atoms with Crippen molar-refractivity contribution < 1.29 is 18.4 Å². The van der Waals surface area contributed by atoms with Crippen LogP contribution in [0.25, 0.3) is 5.82 Å². The first-order valence-corrected chi connectivity index (χ1v) is 9.00. The summed E-state index contributed by atoms with van der Waals surface area (Å²) in [6.45, 7) is 5.26. The number of aromatic nitrogens is 3. The molecule has 0 aliphatic rings. The van der Waals surface area contributed by atoms with E-state index in [4.69, 9.17) is 10.6 Å². The van der Waals surface area contributed by atoms with E-state index < -0.39 is 23.6 Å². The van der Waals surface area contributed by atoms with Crippen LogP contribution in [0.15, 0.2) is 47.8 Å². The number of amidine groups is 1. The third-order valence-electron chi connectivity index (χ3n) is 4.14. The zero-order valence-corrected chi connectivity index (χ0v) is 16.6. The molecule has 3 rings (SSSR count). The third-order valence-corrected chi connectivity index (χ3v) is 4.14. The number of anilines is 1. The highest BCUT2D eigenvalue weighted by atomic mass is 19.2. The summed E-state index contributed by atoms with van der Waals surface area (Å²) in [4.78, 5) is 21.5. The summed E-state index contributed by atoms with van der Waals surface area (Å²) in [6.07, 6.45) is 0.485. The number of carbonyl (C=O) groups excluding carboxylic acids is 1. The van der Waals surface area contributed by atoms with Crippen LogP contribution >= 0.6 is 0 Å². The number of amides is 1. The van der Waals surface area contributed by atoms with Gasteiger partial charge in [0, 0.05) is 29.2 Å². The van der Waals surface area contributed by atoms with Crippen molar-refractivity contribution in [1.29, 1.82) is 0 Å². The lowest BCUT2D eigenvalue weighted by Crippen LogP contribution is -2.27. The van der Waals surface area contributed by atoms with Crippen molar-refractivity contribution in [1.82, 2.24) is 14.8 Å². The van der Waals surface area contributed by atoms with Crippen molar-refractivity contribution in [2.75, 3.05) is 5.32 Å². The second-order valence-electron chi connectivity index (χ2n) is 6.59. The highest BCUT2D eigenvalue weighted by Gasteiger charge is 2.16. The van der Waals surface area contributed by atoms with E-state index in [1.165, 1.54) is 19.2 Å². The van der Waals surface area contributed by atoms with E-state index >= 15 is 0 Å². The predicted octanol–water partition coefficient (Wildman–Crippen LogP) is 2.83. The maximum atomic E-state index is 13.2. The molecule has 30 heavy (non-hydrogen) atoms. The summed E-state index contributed by atoms with van der Waals surface area (Å²) in [5.41, 5.74) is 8.30. The van der Waals surface area contributed by atoms with E-state index in [9.17, 15) is 13.6 Å². The van der Waals surface area contributed by atoms with E-state index in [1.54, 1.807) is 16.8 Å². The average molecular weight is 414 g/mol. The summed E-state index contributed by atoms with van der Waals surface area (Å²) in [5, 5.41) is 10.5. The molecule has 1 amide bonds. The number of carbonyl (C=O) groups is 1. The van der Waals surface area contributed by atoms with Crippen molar-refractivity contribution in [3.8, 4) is 5.82 Å². The minimum absolute atomic E-state index is 0.0231. The number of nitrogens with two attached hydrogens (primary N) is 1. The van der Waals surface area contributed by atoms with Crippen LogP contribution in [0.2, 0.25) is 0 Å². The Morgan fingerprint density at radius 2 is 1.97 bits per heavy atom. The Morgan fingerprint density at radius 1 is 1.20 bits per heavy atom. The summed E-state index contributed by atoms with van der Waals surface area (Å²) in [6, 6.07) is 8.38. The SMILES string of the molecule is Cc1cc(C)n(-c2ccc(/C(N)=N\OC(C)C(=O)Nc3ccc(F)c(F)c3)cn2)n1. The van der Waals surface area contributed by atoms with E-state index in [-0.39, 0.29) is 11.5 Å². The first-order valence-electron chi connectivity index (χ1n) is 9.00. The zero-order valence-electron chi connectivity index (χ0n) is 16.6. The van der Waals surface area contributed by atoms with Gasteiger partial charge >= 0.3 is 0 Å². The first-order chi connectivity index (χ1) is 14.2. The van der Waals surface area contributed by atoms with Crippen LogP contribution < -0.4 is 11.1 Å². The van der Waals surface area contributed by atoms with Gasteiger partial charge < -0.3 is 15.9 Å². The summed E-state index contributed by atoms with van der Waals surface area (Å²) in [5.74, 6) is -2.03. The van der Waals surface area contributed by atoms with E-state index in [0.717, 1.165) is 23.5 Å². The van der Waals surface area contributed by atoms with Crippen molar-refractivity contribution in [2.24, 2.45) is 10.9 Å². The molecule has 8 nitrogen and oxygen atoms in total. The maximum Gasteiger partial charge on any atom is 0.267 e. The maximum absolute atomic E-state index is 13.2. The quantitative estimate of drug-likeness (QED) is 0.366. The molecule has 0 saturated carbocycles. The molecule has 0 bridgehead atoms. The van der Waals surface area contributed by atoms with Crippen molar-refractivity contribution in [3.63, 3.8) is 0 Å². The van der Waals surface area contributed by atoms with Gasteiger partial charge in [0.25, 0.3) is 5.91 Å². The van der Waals surface area contributed by atoms with Gasteiger partial charge in [-0.15, -0.1) is 0 Å². The number of oxime groups is 1. The molecule has 1 atom stereocenters. The highest BCUT2D eigenvalue weighted by Crippen LogP contribution is 2.14. The fourth-order valence-electron chi connectivity index (χ4n) is 2.58. The van der Waals surface area contributed by atoms with Gasteiger partial charge in [-0.3, -0.25) is 4.79 Å². The van der Waals surface area contributed by atoms with Crippen molar-refractivity contribution >= 4 is 17.4 Å². The van der Waals surface area contributed by atoms with E-state index in [1.807, 2.05) is 19.9 Å². The molecule has 2 aromatic heterocycles. The lowest BCUT2D eigenvalue weighted by Gasteiger charge is -2.11. The molecule has 0 aliphatic carbocycles. The molecule has 0 aliphatic heterocycles. The molecule has 0 spiro atoms. The Bertz CT molecular complexity index is 1100. The minimum atomic E-state index is -1.07. The predicted molar refractivity (Wildman–Crippen MR) is 107 cm³/mol. The Hall–Kier alpha value is -3.82. The number of rotatable bonds is 6. The number of nitrogens with zero attached hydrogens (tertiary/aromatic N) is 4. The van der Waals surface area contributed by atoms with Gasteiger partial charge in [-0.25, -0.2) is 18.4 Å². The van der Waals surface area contributed by atoms with Gasteiger partial charge in [-0.1, -0.05) is 5.16 Å². The third kappa shape index (κ3) is 4.77. The first kappa shape index (κ1) is 20.9. The lowest BCUT2D eigenvalue weighted by molar-refractivity contribution is -0.126. The summed E-state index contributed by atoms with van der Waals surface area (Å²) in [7, 11) is 0. The minimum Gasteiger partial charge on any atom is -0.381 e. The zero-order chi connectivity index (χ0) is 21.8. The van der Waals surface area contributed by atoms with Gasteiger partial charge in [-0.05, 0) is 51.1 Å². The molecule has 3 N–H and O–H groups in total. The number of hydrogen-bond donors (Lipinski definition) is 2. The molecule has 2 heterocycles. The highest BCUT2D eigenvalue weighted by molar-refractivity contribution is 5.97. The molecule has 10 heteroatoms. The number of benzene rings is 1. The van der Waals surface area contributed by atoms with Crippen LogP contribution in [0.1, 0.15) is 23.9 Å². The van der Waals surface area contributed by atoms with Crippen LogP contribution in [-0.4, -0.2) is 32.6 Å². The Morgan fingerprint density at radius 3 is 2.57 bits per heavy atom. The molecular formula is C20H20F2N6O2. The average Bonchev–Trinajstić information content (AvgIpc) is 3.06. The fraction of sp³-hybridized carbons (Fsp3) is 0.200. The number of pyridine rings is 1. The number of hydrogen-bond acceptors (Lipinski definition) is 5. The normalized spacial score (nSPS) is 12.5. The van der Waals surface area contributed by atoms with Crippen LogP contribution in [0.3, 0.4) is 0 Å². The second kappa shape index (κ2) is 8.68. The number of halogens is 2. The van der Waals surface area contributed by atoms with Crippen LogP contribution in [0, 0.1) is 25.5 Å². The Kier molecular flexibility index (Phi) is 6.05. The molecule has 3 aromatic rings. The van der Waals surface area contributed by atoms with Crippen molar-refractivity contribution in [3.05, 3.63) is 71.2 Å². The molecule has 0 fully saturated rings. The standard InChI is InChI=1S/C20H20F2N6O2/c1-11-8-12(2)28(26-11)18-7-4-14(10-24-18)19(23)27-30-13(3)20(29)25-15-5-6-16(21)17(22)9-15/h4-10,13H,1-3H3,(H2,23,27)(H,25,29). The van der Waals surface area contributed by atoms with Crippen molar-refractivity contribution in [2.45, 2.75) is 26.9 Å². The molecule has 1 unspecified atom stereocenters. The smallest absolute Gasteiger partial charge is 0.267 e. The van der Waals surface area contributed by atoms with Gasteiger partial charge in [0.1, 0.15) is 0 Å². The topological polar surface area (TPSA) is 107 Å². The van der Waals surface area contributed by atoms with E-state index in [2.05, 4.69) is 20.6 Å². The molecular weight excluding hydrogens is 394 g/mol. The molecule has 0 radical (unpaired) electrons. The van der Waals surface area contributed by atoms with E-state index in [0.29, 0.717) is 11.4 Å². The monoisotopic (exact) mass is 414 g/mol. The van der Waals surface area contributed by atoms with Gasteiger partial charge in [0.05, 0.1) is 5.69 Å². The Labute approximate surface area is 171 Å². The molecule has 156 valence electrons. The summed E-state index contributed by atoms with van der Waals surface area (Å²) >= 11 is 0. The lowest BCUT2D eigenvalue weighted by atomic mass is 10.2.